The van der Waals surface area contributed by atoms with E-state index in [4.69, 9.17) is 13.9 Å². The second-order valence-electron chi connectivity index (χ2n) is 5.44. The third kappa shape index (κ3) is 4.11. The standard InChI is InChI=1S/C18H10BrF3O6/c19-11-3-1-2-4-12(11)27-16-15(25)10-6-5-9(26-8-14(23)24)7-13(10)28-17(16)18(20,21)22/h1-7H,8H2,(H,23,24)/p-1. The van der Waals surface area contributed by atoms with Crippen LogP contribution in [0.2, 0.25) is 0 Å². The Bertz CT molecular complexity index is 1110. The van der Waals surface area contributed by atoms with Crippen molar-refractivity contribution < 1.29 is 37.0 Å². The third-order valence-electron chi connectivity index (χ3n) is 3.49. The van der Waals surface area contributed by atoms with E-state index in [0.717, 1.165) is 12.1 Å². The topological polar surface area (TPSA) is 88.8 Å². The minimum absolute atomic E-state index is 0.00596. The van der Waals surface area contributed by atoms with E-state index in [1.807, 2.05) is 0 Å². The first-order valence-corrected chi connectivity index (χ1v) is 8.39. The van der Waals surface area contributed by atoms with Crippen LogP contribution in [0.25, 0.3) is 11.0 Å². The molecule has 1 aromatic heterocycles. The average Bonchev–Trinajstić information content (AvgIpc) is 2.62. The lowest BCUT2D eigenvalue weighted by Crippen LogP contribution is -2.28. The summed E-state index contributed by atoms with van der Waals surface area (Å²) in [5.74, 6) is -4.27. The quantitative estimate of drug-likeness (QED) is 0.582. The van der Waals surface area contributed by atoms with Crippen molar-refractivity contribution >= 4 is 32.9 Å². The van der Waals surface area contributed by atoms with Crippen molar-refractivity contribution in [2.24, 2.45) is 0 Å². The molecular weight excluding hydrogens is 449 g/mol. The van der Waals surface area contributed by atoms with E-state index in [-0.39, 0.29) is 16.9 Å². The molecule has 28 heavy (non-hydrogen) atoms. The third-order valence-corrected chi connectivity index (χ3v) is 4.14. The first-order chi connectivity index (χ1) is 13.2. The maximum atomic E-state index is 13.5. The summed E-state index contributed by atoms with van der Waals surface area (Å²) in [6.45, 7) is -0.814. The summed E-state index contributed by atoms with van der Waals surface area (Å²) in [6, 6.07) is 9.42. The van der Waals surface area contributed by atoms with Crippen LogP contribution in [0.4, 0.5) is 13.2 Å². The number of aliphatic carboxylic acids is 1. The highest BCUT2D eigenvalue weighted by molar-refractivity contribution is 9.10. The number of carboxylic acids is 1. The first kappa shape index (κ1) is 19.7. The van der Waals surface area contributed by atoms with E-state index in [0.29, 0.717) is 4.47 Å². The monoisotopic (exact) mass is 457 g/mol. The van der Waals surface area contributed by atoms with E-state index in [2.05, 4.69) is 15.9 Å². The Hall–Kier alpha value is -3.01. The molecule has 0 radical (unpaired) electrons. The summed E-state index contributed by atoms with van der Waals surface area (Å²) < 4.78 is 55.7. The molecular formula is C18H9BrF3O6-. The summed E-state index contributed by atoms with van der Waals surface area (Å²) in [7, 11) is 0. The SMILES string of the molecule is O=C([O-])COc1ccc2c(=O)c(Oc3ccccc3Br)c(C(F)(F)F)oc2c1. The van der Waals surface area contributed by atoms with Gasteiger partial charge < -0.3 is 23.8 Å². The highest BCUT2D eigenvalue weighted by Crippen LogP contribution is 2.39. The molecule has 0 aliphatic heterocycles. The summed E-state index contributed by atoms with van der Waals surface area (Å²) >= 11 is 3.13. The van der Waals surface area contributed by atoms with Gasteiger partial charge in [-0.05, 0) is 40.2 Å². The van der Waals surface area contributed by atoms with Crippen molar-refractivity contribution in [3.05, 3.63) is 62.9 Å². The van der Waals surface area contributed by atoms with Gasteiger partial charge in [0.1, 0.15) is 23.7 Å². The van der Waals surface area contributed by atoms with Crippen molar-refractivity contribution in [1.29, 1.82) is 0 Å². The Labute approximate surface area is 163 Å². The molecule has 0 bridgehead atoms. The Morgan fingerprint density at radius 3 is 2.54 bits per heavy atom. The molecule has 0 atom stereocenters. The molecule has 0 amide bonds. The Morgan fingerprint density at radius 1 is 1.18 bits per heavy atom. The van der Waals surface area contributed by atoms with Gasteiger partial charge in [-0.1, -0.05) is 12.1 Å². The molecule has 10 heteroatoms. The fourth-order valence-electron chi connectivity index (χ4n) is 2.31. The molecule has 0 N–H and O–H groups in total. The van der Waals surface area contributed by atoms with Crippen LogP contribution in [0.3, 0.4) is 0 Å². The predicted octanol–water partition coefficient (Wildman–Crippen LogP) is 3.50. The van der Waals surface area contributed by atoms with Crippen molar-refractivity contribution in [3.8, 4) is 17.2 Å². The van der Waals surface area contributed by atoms with Crippen molar-refractivity contribution in [2.75, 3.05) is 6.61 Å². The fourth-order valence-corrected chi connectivity index (χ4v) is 2.67. The van der Waals surface area contributed by atoms with E-state index in [1.54, 1.807) is 6.07 Å². The van der Waals surface area contributed by atoms with Crippen molar-refractivity contribution in [1.82, 2.24) is 0 Å². The number of fused-ring (bicyclic) bond motifs is 1. The second kappa shape index (κ2) is 7.55. The normalized spacial score (nSPS) is 11.4. The van der Waals surface area contributed by atoms with Crippen molar-refractivity contribution in [2.45, 2.75) is 6.18 Å². The zero-order valence-electron chi connectivity index (χ0n) is 13.7. The smallest absolute Gasteiger partial charge is 0.453 e. The predicted molar refractivity (Wildman–Crippen MR) is 92.2 cm³/mol. The van der Waals surface area contributed by atoms with Gasteiger partial charge >= 0.3 is 6.18 Å². The lowest BCUT2D eigenvalue weighted by Gasteiger charge is -2.14. The number of halogens is 4. The van der Waals surface area contributed by atoms with E-state index in [9.17, 15) is 27.9 Å². The van der Waals surface area contributed by atoms with E-state index in [1.165, 1.54) is 24.3 Å². The fraction of sp³-hybridized carbons (Fsp3) is 0.111. The second-order valence-corrected chi connectivity index (χ2v) is 6.29. The van der Waals surface area contributed by atoms with Gasteiger partial charge in [-0.15, -0.1) is 0 Å². The molecule has 0 aliphatic carbocycles. The molecule has 1 heterocycles. The Morgan fingerprint density at radius 2 is 1.89 bits per heavy atom. The number of carbonyl (C=O) groups excluding carboxylic acids is 1. The largest absolute Gasteiger partial charge is 0.546 e. The van der Waals surface area contributed by atoms with Crippen LogP contribution >= 0.6 is 15.9 Å². The molecule has 6 nitrogen and oxygen atoms in total. The Kier molecular flexibility index (Phi) is 5.32. The molecule has 0 fully saturated rings. The van der Waals surface area contributed by atoms with E-state index < -0.39 is 41.3 Å². The van der Waals surface area contributed by atoms with Crippen LogP contribution in [0.15, 0.2) is 56.1 Å². The molecule has 2 aromatic carbocycles. The number of benzene rings is 2. The van der Waals surface area contributed by atoms with Crippen LogP contribution < -0.4 is 20.0 Å². The maximum absolute atomic E-state index is 13.5. The molecule has 0 saturated carbocycles. The zero-order valence-corrected chi connectivity index (χ0v) is 15.3. The lowest BCUT2D eigenvalue weighted by molar-refractivity contribution is -0.307. The minimum atomic E-state index is -5.02. The number of alkyl halides is 3. The highest BCUT2D eigenvalue weighted by Gasteiger charge is 2.40. The van der Waals surface area contributed by atoms with E-state index >= 15 is 0 Å². The van der Waals surface area contributed by atoms with Gasteiger partial charge in [0, 0.05) is 6.07 Å². The zero-order chi connectivity index (χ0) is 20.5. The number of ether oxygens (including phenoxy) is 2. The summed E-state index contributed by atoms with van der Waals surface area (Å²) in [6.07, 6.45) is -5.02. The van der Waals surface area contributed by atoms with Crippen LogP contribution in [-0.2, 0) is 11.0 Å². The van der Waals surface area contributed by atoms with Crippen molar-refractivity contribution in [3.63, 3.8) is 0 Å². The Balaban J connectivity index is 2.16. The number of hydrogen-bond donors (Lipinski definition) is 0. The van der Waals surface area contributed by atoms with Gasteiger partial charge in [0.25, 0.3) is 5.76 Å². The number of carbonyl (C=O) groups is 1. The minimum Gasteiger partial charge on any atom is -0.546 e. The summed E-state index contributed by atoms with van der Waals surface area (Å²) in [5, 5.41) is 10.2. The molecule has 0 spiro atoms. The number of carboxylic acid groups (broad SMARTS) is 1. The molecule has 0 unspecified atom stereocenters. The first-order valence-electron chi connectivity index (χ1n) is 7.60. The van der Waals surface area contributed by atoms with Gasteiger partial charge in [0.15, 0.2) is 0 Å². The summed E-state index contributed by atoms with van der Waals surface area (Å²) in [5.41, 5.74) is -1.48. The van der Waals surface area contributed by atoms with Crippen LogP contribution in [0.1, 0.15) is 5.76 Å². The molecule has 3 rings (SSSR count). The molecule has 0 aliphatic rings. The van der Waals surface area contributed by atoms with Crippen LogP contribution in [0, 0.1) is 0 Å². The van der Waals surface area contributed by atoms with Gasteiger partial charge in [-0.2, -0.15) is 13.2 Å². The number of rotatable bonds is 5. The number of para-hydroxylation sites is 1. The van der Waals surface area contributed by atoms with Gasteiger partial charge in [-0.3, -0.25) is 4.79 Å². The molecule has 3 aromatic rings. The molecule has 146 valence electrons. The average molecular weight is 458 g/mol. The van der Waals surface area contributed by atoms with Gasteiger partial charge in [-0.25, -0.2) is 0 Å². The van der Waals surface area contributed by atoms with Crippen LogP contribution in [-0.4, -0.2) is 12.6 Å². The maximum Gasteiger partial charge on any atom is 0.453 e. The lowest BCUT2D eigenvalue weighted by atomic mass is 10.2. The highest BCUT2D eigenvalue weighted by atomic mass is 79.9. The number of hydrogen-bond acceptors (Lipinski definition) is 6. The van der Waals surface area contributed by atoms with Gasteiger partial charge in [0.05, 0.1) is 15.8 Å². The van der Waals surface area contributed by atoms with Gasteiger partial charge in [0.2, 0.25) is 11.2 Å². The van der Waals surface area contributed by atoms with Crippen LogP contribution in [0.5, 0.6) is 17.2 Å². The molecule has 0 saturated heterocycles. The summed E-state index contributed by atoms with van der Waals surface area (Å²) in [4.78, 5) is 23.1.